The molecule has 1 aliphatic heterocycles. The van der Waals surface area contributed by atoms with Gasteiger partial charge >= 0.3 is 6.18 Å². The van der Waals surface area contributed by atoms with E-state index in [2.05, 4.69) is 44.2 Å². The number of aromatic nitrogens is 4. The molecule has 1 atom stereocenters. The molecule has 0 fully saturated rings. The van der Waals surface area contributed by atoms with Crippen LogP contribution in [0.5, 0.6) is 5.75 Å². The van der Waals surface area contributed by atoms with Crippen molar-refractivity contribution in [3.05, 3.63) is 124 Å². The first kappa shape index (κ1) is 27.3. The highest BCUT2D eigenvalue weighted by atomic mass is 19.4. The second-order valence-corrected chi connectivity index (χ2v) is 11.2. The van der Waals surface area contributed by atoms with Gasteiger partial charge in [0.15, 0.2) is 11.5 Å². The summed E-state index contributed by atoms with van der Waals surface area (Å²) in [5.74, 6) is 0.950. The molecule has 2 aliphatic rings. The molecule has 0 N–H and O–H groups in total. The van der Waals surface area contributed by atoms with Crippen molar-refractivity contribution in [1.29, 1.82) is 0 Å². The van der Waals surface area contributed by atoms with Crippen LogP contribution < -0.4 is 4.74 Å². The van der Waals surface area contributed by atoms with E-state index < -0.39 is 11.9 Å². The molecule has 6 nitrogen and oxygen atoms in total. The van der Waals surface area contributed by atoms with E-state index in [1.807, 2.05) is 42.6 Å². The van der Waals surface area contributed by atoms with Gasteiger partial charge in [-0.3, -0.25) is 9.88 Å². The molecule has 0 spiro atoms. The summed E-state index contributed by atoms with van der Waals surface area (Å²) in [4.78, 5) is 11.5. The summed E-state index contributed by atoms with van der Waals surface area (Å²) in [7, 11) is 0. The number of aryl methyl sites for hydroxylation is 2. The third-order valence-electron chi connectivity index (χ3n) is 8.30. The van der Waals surface area contributed by atoms with Crippen LogP contribution in [0, 0.1) is 6.92 Å². The highest BCUT2D eigenvalue weighted by Crippen LogP contribution is 2.41. The molecule has 1 aliphatic carbocycles. The predicted octanol–water partition coefficient (Wildman–Crippen LogP) is 7.28. The molecule has 218 valence electrons. The number of rotatable bonds is 6. The first-order valence-electron chi connectivity index (χ1n) is 14.5. The van der Waals surface area contributed by atoms with Gasteiger partial charge < -0.3 is 4.74 Å². The van der Waals surface area contributed by atoms with Crippen molar-refractivity contribution in [3.63, 3.8) is 0 Å². The van der Waals surface area contributed by atoms with Gasteiger partial charge in [-0.25, -0.2) is 9.67 Å². The fourth-order valence-electron chi connectivity index (χ4n) is 6.30. The Hall–Kier alpha value is -4.50. The summed E-state index contributed by atoms with van der Waals surface area (Å²) in [5, 5.41) is 3.99. The van der Waals surface area contributed by atoms with E-state index >= 15 is 0 Å². The Kier molecular flexibility index (Phi) is 6.97. The van der Waals surface area contributed by atoms with Crippen molar-refractivity contribution in [2.45, 2.75) is 51.6 Å². The monoisotopic (exact) mass is 581 g/mol. The summed E-state index contributed by atoms with van der Waals surface area (Å²) in [6.07, 6.45) is 0.941. The number of hydrogen-bond acceptors (Lipinski definition) is 5. The minimum atomic E-state index is -4.54. The number of halogens is 3. The number of nitrogens with zero attached hydrogens (tertiary/aromatic N) is 5. The normalized spacial score (nSPS) is 16.6. The lowest BCUT2D eigenvalue weighted by Gasteiger charge is -2.29. The lowest BCUT2D eigenvalue weighted by Crippen LogP contribution is -2.30. The number of ether oxygens (including phenoxy) is 1. The van der Waals surface area contributed by atoms with E-state index in [0.29, 0.717) is 5.69 Å². The third-order valence-corrected chi connectivity index (χ3v) is 8.30. The van der Waals surface area contributed by atoms with Crippen molar-refractivity contribution < 1.29 is 17.9 Å². The van der Waals surface area contributed by atoms with Gasteiger partial charge in [0.1, 0.15) is 11.9 Å². The van der Waals surface area contributed by atoms with Crippen LogP contribution in [0.3, 0.4) is 0 Å². The van der Waals surface area contributed by atoms with Crippen LogP contribution in [0.2, 0.25) is 0 Å². The van der Waals surface area contributed by atoms with Crippen LogP contribution >= 0.6 is 0 Å². The molecule has 3 aromatic heterocycles. The zero-order chi connectivity index (χ0) is 29.6. The lowest BCUT2D eigenvalue weighted by atomic mass is 9.98. The van der Waals surface area contributed by atoms with E-state index in [0.717, 1.165) is 66.1 Å². The molecule has 5 aromatic rings. The van der Waals surface area contributed by atoms with Gasteiger partial charge in [0.05, 0.1) is 17.6 Å². The van der Waals surface area contributed by atoms with Crippen molar-refractivity contribution in [2.75, 3.05) is 6.54 Å². The zero-order valence-electron chi connectivity index (χ0n) is 23.7. The molecule has 43 heavy (non-hydrogen) atoms. The van der Waals surface area contributed by atoms with Crippen LogP contribution in [0.25, 0.3) is 17.1 Å². The largest absolute Gasteiger partial charge is 0.486 e. The Balaban J connectivity index is 1.14. The minimum Gasteiger partial charge on any atom is -0.486 e. The Morgan fingerprint density at radius 1 is 0.930 bits per heavy atom. The topological polar surface area (TPSA) is 56.1 Å². The Labute approximate surface area is 247 Å². The van der Waals surface area contributed by atoms with Crippen molar-refractivity contribution in [3.8, 4) is 22.8 Å². The van der Waals surface area contributed by atoms with E-state index in [1.165, 1.54) is 29.8 Å². The highest BCUT2D eigenvalue weighted by Gasteiger charge is 2.38. The Bertz CT molecular complexity index is 1780. The van der Waals surface area contributed by atoms with E-state index in [4.69, 9.17) is 4.74 Å². The summed E-state index contributed by atoms with van der Waals surface area (Å²) < 4.78 is 48.9. The van der Waals surface area contributed by atoms with E-state index in [1.54, 1.807) is 12.1 Å². The molecule has 0 saturated heterocycles. The molecule has 1 unspecified atom stereocenters. The first-order chi connectivity index (χ1) is 20.8. The van der Waals surface area contributed by atoms with Gasteiger partial charge in [0.25, 0.3) is 0 Å². The number of hydrogen-bond donors (Lipinski definition) is 0. The molecule has 4 heterocycles. The predicted molar refractivity (Wildman–Crippen MR) is 157 cm³/mol. The summed E-state index contributed by atoms with van der Waals surface area (Å²) in [6.45, 7) is 4.06. The molecular weight excluding hydrogens is 551 g/mol. The first-order valence-corrected chi connectivity index (χ1v) is 14.5. The molecule has 0 amide bonds. The summed E-state index contributed by atoms with van der Waals surface area (Å²) >= 11 is 0. The lowest BCUT2D eigenvalue weighted by molar-refractivity contribution is -0.143. The summed E-state index contributed by atoms with van der Waals surface area (Å²) in [6, 6.07) is 23.5. The Morgan fingerprint density at radius 2 is 1.81 bits per heavy atom. The Morgan fingerprint density at radius 3 is 2.65 bits per heavy atom. The van der Waals surface area contributed by atoms with Crippen LogP contribution in [0.4, 0.5) is 13.2 Å². The average molecular weight is 582 g/mol. The van der Waals surface area contributed by atoms with Gasteiger partial charge in [0.2, 0.25) is 0 Å². The SMILES string of the molecule is Cc1cnn(-c2cccc(-c3cccc4c3C(Oc3ccc5c(c3)CCN(Cc3ccccn3)C5)CC4)n2)c1C(F)(F)F. The van der Waals surface area contributed by atoms with Crippen LogP contribution in [-0.4, -0.2) is 31.2 Å². The van der Waals surface area contributed by atoms with Gasteiger partial charge in [-0.2, -0.15) is 18.3 Å². The zero-order valence-corrected chi connectivity index (χ0v) is 23.7. The molecule has 9 heteroatoms. The molecular formula is C34H30F3N5O. The minimum absolute atomic E-state index is 0.0553. The number of benzene rings is 2. The second kappa shape index (κ2) is 11.0. The smallest absolute Gasteiger partial charge is 0.433 e. The number of pyridine rings is 2. The van der Waals surface area contributed by atoms with Crippen molar-refractivity contribution in [1.82, 2.24) is 24.6 Å². The van der Waals surface area contributed by atoms with Crippen molar-refractivity contribution >= 4 is 0 Å². The van der Waals surface area contributed by atoms with Crippen LogP contribution in [0.15, 0.2) is 85.2 Å². The van der Waals surface area contributed by atoms with Gasteiger partial charge in [0, 0.05) is 37.0 Å². The maximum absolute atomic E-state index is 13.8. The van der Waals surface area contributed by atoms with Crippen molar-refractivity contribution in [2.24, 2.45) is 0 Å². The maximum atomic E-state index is 13.8. The summed E-state index contributed by atoms with van der Waals surface area (Å²) in [5.41, 5.74) is 6.57. The van der Waals surface area contributed by atoms with Gasteiger partial charge in [-0.15, -0.1) is 0 Å². The molecule has 2 aromatic carbocycles. The number of alkyl halides is 3. The fraction of sp³-hybridized carbons (Fsp3) is 0.265. The number of fused-ring (bicyclic) bond motifs is 2. The van der Waals surface area contributed by atoms with E-state index in [-0.39, 0.29) is 17.5 Å². The third kappa shape index (κ3) is 5.41. The highest BCUT2D eigenvalue weighted by molar-refractivity contribution is 5.68. The molecule has 7 rings (SSSR count). The average Bonchev–Trinajstić information content (AvgIpc) is 3.61. The van der Waals surface area contributed by atoms with Crippen LogP contribution in [0.1, 0.15) is 51.7 Å². The molecule has 0 saturated carbocycles. The van der Waals surface area contributed by atoms with Gasteiger partial charge in [-0.05, 0) is 84.8 Å². The standard InChI is InChI=1S/C34H30F3N5O/c1-22-19-39-42(33(22)34(35,36)37)31-10-5-9-29(40-31)28-8-4-6-23-12-14-30(32(23)28)43-27-13-11-25-20-41(17-15-24(25)18-27)21-26-7-2-3-16-38-26/h2-11,13,16,18-19,30H,12,14-15,17,20-21H2,1H3. The fourth-order valence-corrected chi connectivity index (χ4v) is 6.30. The molecule has 0 bridgehead atoms. The van der Waals surface area contributed by atoms with Gasteiger partial charge in [-0.1, -0.05) is 36.4 Å². The second-order valence-electron chi connectivity index (χ2n) is 11.2. The van der Waals surface area contributed by atoms with E-state index in [9.17, 15) is 13.2 Å². The maximum Gasteiger partial charge on any atom is 0.433 e. The van der Waals surface area contributed by atoms with Crippen LogP contribution in [-0.2, 0) is 32.1 Å². The quantitative estimate of drug-likeness (QED) is 0.211. The molecule has 0 radical (unpaired) electrons.